The lowest BCUT2D eigenvalue weighted by atomic mass is 9.97. The molecule has 2 aliphatic heterocycles. The second-order valence-electron chi connectivity index (χ2n) is 10.6. The van der Waals surface area contributed by atoms with E-state index in [1.807, 2.05) is 0 Å². The molecule has 2 N–H and O–H groups in total. The van der Waals surface area contributed by atoms with Gasteiger partial charge in [0.15, 0.2) is 12.6 Å². The minimum absolute atomic E-state index is 0.0573. The van der Waals surface area contributed by atoms with E-state index in [0.29, 0.717) is 0 Å². The molecule has 0 radical (unpaired) electrons. The van der Waals surface area contributed by atoms with Crippen LogP contribution in [0.1, 0.15) is 47.4 Å². The van der Waals surface area contributed by atoms with E-state index in [-0.39, 0.29) is 28.9 Å². The second kappa shape index (κ2) is 14.4. The van der Waals surface area contributed by atoms with Crippen LogP contribution in [0.3, 0.4) is 0 Å². The number of hydrogen-bond acceptors (Lipinski definition) is 13. The van der Waals surface area contributed by atoms with Crippen molar-refractivity contribution in [1.29, 1.82) is 0 Å². The molecule has 4 rings (SSSR count). The fourth-order valence-corrected chi connectivity index (χ4v) is 5.04. The van der Waals surface area contributed by atoms with Crippen LogP contribution in [0.15, 0.2) is 48.5 Å². The van der Waals surface area contributed by atoms with Crippen LogP contribution >= 0.6 is 0 Å². The summed E-state index contributed by atoms with van der Waals surface area (Å²) < 4.78 is 67.8. The lowest BCUT2D eigenvalue weighted by molar-refractivity contribution is -0.385. The predicted octanol–water partition coefficient (Wildman–Crippen LogP) is 2.95. The molecule has 2 aromatic rings. The monoisotopic (exact) mass is 671 g/mol. The molecule has 2 aliphatic rings. The Morgan fingerprint density at radius 3 is 1.81 bits per heavy atom. The number of amides is 1. The van der Waals surface area contributed by atoms with Crippen LogP contribution in [-0.2, 0) is 28.5 Å². The third-order valence-corrected chi connectivity index (χ3v) is 7.32. The second-order valence-corrected chi connectivity index (χ2v) is 10.6. The molecule has 0 saturated carbocycles. The minimum atomic E-state index is -5.30. The van der Waals surface area contributed by atoms with E-state index >= 15 is 0 Å². The van der Waals surface area contributed by atoms with E-state index in [2.05, 4.69) is 0 Å². The molecule has 8 atom stereocenters. The molecular formula is C28H28F3N3O13. The zero-order chi connectivity index (χ0) is 34.6. The maximum atomic E-state index is 13.2. The number of nitro groups is 2. The first kappa shape index (κ1) is 35.1. The fourth-order valence-electron chi connectivity index (χ4n) is 5.04. The van der Waals surface area contributed by atoms with Crippen molar-refractivity contribution >= 4 is 29.2 Å². The molecule has 47 heavy (non-hydrogen) atoms. The van der Waals surface area contributed by atoms with Crippen LogP contribution in [0, 0.1) is 20.2 Å². The van der Waals surface area contributed by atoms with E-state index in [1.165, 1.54) is 13.8 Å². The summed E-state index contributed by atoms with van der Waals surface area (Å²) in [5.74, 6) is -4.32. The Labute approximate surface area is 263 Å². The molecule has 1 amide bonds. The van der Waals surface area contributed by atoms with Gasteiger partial charge in [0.25, 0.3) is 11.4 Å². The standard InChI is InChI=1S/C28H28F3N3O13/c1-13-23(47-26(37)16-5-9-18(10-6-16)34(41)42)19(32-27(38)28(29,30)31)11-22(44-13)46-24-14(2)43-21(35)12-20(24)45-25(36)15-3-7-17(8-4-15)33(39)40/h3-10,13-14,19-24,35H,11-12H2,1-2H3,(H,32,38)/t13-,14-,19-,20-,21?,22-,23+,24+/m0/s1. The number of rotatable bonds is 9. The largest absolute Gasteiger partial charge is 0.471 e. The fraction of sp³-hybridized carbons (Fsp3) is 0.464. The summed E-state index contributed by atoms with van der Waals surface area (Å²) in [7, 11) is 0. The summed E-state index contributed by atoms with van der Waals surface area (Å²) in [6, 6.07) is 7.20. The number of alkyl halides is 3. The molecule has 2 heterocycles. The number of carbonyl (C=O) groups is 3. The van der Waals surface area contributed by atoms with Gasteiger partial charge in [-0.2, -0.15) is 13.2 Å². The zero-order valence-corrected chi connectivity index (χ0v) is 24.5. The van der Waals surface area contributed by atoms with E-state index in [9.17, 15) is 52.9 Å². The van der Waals surface area contributed by atoms with Crippen molar-refractivity contribution in [3.63, 3.8) is 0 Å². The van der Waals surface area contributed by atoms with Crippen LogP contribution in [0.4, 0.5) is 24.5 Å². The predicted molar refractivity (Wildman–Crippen MR) is 148 cm³/mol. The highest BCUT2D eigenvalue weighted by Gasteiger charge is 2.48. The van der Waals surface area contributed by atoms with Crippen molar-refractivity contribution < 1.29 is 66.2 Å². The van der Waals surface area contributed by atoms with Gasteiger partial charge in [-0.3, -0.25) is 25.0 Å². The number of nitrogens with zero attached hydrogens (tertiary/aromatic N) is 2. The van der Waals surface area contributed by atoms with E-state index in [1.54, 1.807) is 5.32 Å². The van der Waals surface area contributed by atoms with Gasteiger partial charge in [-0.1, -0.05) is 0 Å². The Bertz CT molecular complexity index is 1490. The first-order chi connectivity index (χ1) is 22.0. The van der Waals surface area contributed by atoms with Gasteiger partial charge < -0.3 is 34.1 Å². The quantitative estimate of drug-likeness (QED) is 0.223. The topological polar surface area (TPSA) is 216 Å². The Hall–Kier alpha value is -4.72. The van der Waals surface area contributed by atoms with Crippen molar-refractivity contribution in [3.8, 4) is 0 Å². The summed E-state index contributed by atoms with van der Waals surface area (Å²) in [6.07, 6.45) is -14.9. The van der Waals surface area contributed by atoms with Crippen LogP contribution in [0.2, 0.25) is 0 Å². The van der Waals surface area contributed by atoms with E-state index < -0.39 is 89.4 Å². The van der Waals surface area contributed by atoms with Crippen LogP contribution in [0.25, 0.3) is 0 Å². The number of non-ortho nitro benzene ring substituents is 2. The first-order valence-corrected chi connectivity index (χ1v) is 14.0. The van der Waals surface area contributed by atoms with Crippen molar-refractivity contribution in [2.45, 2.75) is 82.0 Å². The molecular weight excluding hydrogens is 643 g/mol. The van der Waals surface area contributed by atoms with Gasteiger partial charge >= 0.3 is 24.0 Å². The zero-order valence-electron chi connectivity index (χ0n) is 24.5. The molecule has 16 nitrogen and oxygen atoms in total. The Balaban J connectivity index is 1.51. The summed E-state index contributed by atoms with van der Waals surface area (Å²) >= 11 is 0. The van der Waals surface area contributed by atoms with Crippen LogP contribution in [0.5, 0.6) is 0 Å². The van der Waals surface area contributed by atoms with Gasteiger partial charge in [0.05, 0.1) is 39.2 Å². The van der Waals surface area contributed by atoms with Crippen LogP contribution < -0.4 is 5.32 Å². The molecule has 2 saturated heterocycles. The highest BCUT2D eigenvalue weighted by Crippen LogP contribution is 2.32. The molecule has 0 aromatic heterocycles. The van der Waals surface area contributed by atoms with Gasteiger partial charge in [0.1, 0.15) is 18.3 Å². The summed E-state index contributed by atoms with van der Waals surface area (Å²) in [5.41, 5.74) is -0.814. The lowest BCUT2D eigenvalue weighted by Crippen LogP contribution is -2.60. The van der Waals surface area contributed by atoms with Crippen molar-refractivity contribution in [2.24, 2.45) is 0 Å². The number of nitrogens with one attached hydrogen (secondary N) is 1. The van der Waals surface area contributed by atoms with E-state index in [4.69, 9.17) is 23.7 Å². The van der Waals surface area contributed by atoms with E-state index in [0.717, 1.165) is 48.5 Å². The number of carbonyl (C=O) groups excluding carboxylic acids is 3. The third kappa shape index (κ3) is 8.76. The summed E-state index contributed by atoms with van der Waals surface area (Å²) in [5, 5.41) is 33.8. The van der Waals surface area contributed by atoms with Gasteiger partial charge in [-0.05, 0) is 38.1 Å². The smallest absolute Gasteiger partial charge is 0.456 e. The highest BCUT2D eigenvalue weighted by atomic mass is 19.4. The highest BCUT2D eigenvalue weighted by molar-refractivity contribution is 5.90. The average molecular weight is 672 g/mol. The van der Waals surface area contributed by atoms with Crippen LogP contribution in [-0.4, -0.2) is 88.1 Å². The molecule has 0 spiro atoms. The maximum Gasteiger partial charge on any atom is 0.471 e. The summed E-state index contributed by atoms with van der Waals surface area (Å²) in [4.78, 5) is 58.1. The third-order valence-electron chi connectivity index (χ3n) is 7.32. The van der Waals surface area contributed by atoms with Gasteiger partial charge in [0.2, 0.25) is 0 Å². The lowest BCUT2D eigenvalue weighted by Gasteiger charge is -2.44. The molecule has 2 aromatic carbocycles. The minimum Gasteiger partial charge on any atom is -0.456 e. The number of nitro benzene ring substituents is 2. The SMILES string of the molecule is C[C@@H]1OC(O)C[C@H](OC(=O)c2ccc([N+](=O)[O-])cc2)[C@@H]1O[C@H]1C[C@H](NC(=O)C(F)(F)F)[C@H](OC(=O)c2ccc([N+](=O)[O-])cc2)[C@H](C)O1. The van der Waals surface area contributed by atoms with Gasteiger partial charge in [-0.25, -0.2) is 9.59 Å². The van der Waals surface area contributed by atoms with Crippen molar-refractivity contribution in [3.05, 3.63) is 79.9 Å². The maximum absolute atomic E-state index is 13.2. The summed E-state index contributed by atoms with van der Waals surface area (Å²) in [6.45, 7) is 2.80. The normalized spacial score (nSPS) is 27.7. The molecule has 2 fully saturated rings. The van der Waals surface area contributed by atoms with Crippen molar-refractivity contribution in [1.82, 2.24) is 5.32 Å². The molecule has 19 heteroatoms. The Morgan fingerprint density at radius 2 is 1.32 bits per heavy atom. The van der Waals surface area contributed by atoms with Gasteiger partial charge in [-0.15, -0.1) is 0 Å². The molecule has 0 aliphatic carbocycles. The number of ether oxygens (including phenoxy) is 5. The number of hydrogen-bond donors (Lipinski definition) is 2. The number of aliphatic hydroxyl groups is 1. The first-order valence-electron chi connectivity index (χ1n) is 14.0. The Kier molecular flexibility index (Phi) is 10.7. The number of halogens is 3. The van der Waals surface area contributed by atoms with Crippen molar-refractivity contribution in [2.75, 3.05) is 0 Å². The van der Waals surface area contributed by atoms with Gasteiger partial charge in [0, 0.05) is 37.1 Å². The number of aliphatic hydroxyl groups excluding tert-OH is 1. The average Bonchev–Trinajstić information content (AvgIpc) is 3.00. The number of esters is 2. The Morgan fingerprint density at radius 1 is 0.830 bits per heavy atom. The molecule has 0 bridgehead atoms. The molecule has 254 valence electrons. The molecule has 1 unspecified atom stereocenters. The number of benzene rings is 2.